The van der Waals surface area contributed by atoms with Crippen molar-refractivity contribution >= 4 is 29.3 Å². The van der Waals surface area contributed by atoms with E-state index in [2.05, 4.69) is 22.0 Å². The van der Waals surface area contributed by atoms with E-state index in [-0.39, 0.29) is 36.3 Å². The van der Waals surface area contributed by atoms with Gasteiger partial charge in [-0.1, -0.05) is 39.0 Å². The van der Waals surface area contributed by atoms with Crippen molar-refractivity contribution in [3.63, 3.8) is 0 Å². The van der Waals surface area contributed by atoms with Crippen LogP contribution >= 0.6 is 0 Å². The Balaban J connectivity index is 1.53. The van der Waals surface area contributed by atoms with Crippen molar-refractivity contribution in [3.8, 4) is 6.07 Å². The van der Waals surface area contributed by atoms with Gasteiger partial charge < -0.3 is 20.9 Å². The van der Waals surface area contributed by atoms with Crippen LogP contribution in [0.5, 0.6) is 0 Å². The Kier molecular flexibility index (Phi) is 7.46. The molecule has 0 saturated carbocycles. The molecule has 0 radical (unpaired) electrons. The van der Waals surface area contributed by atoms with Crippen molar-refractivity contribution in [1.82, 2.24) is 15.5 Å². The van der Waals surface area contributed by atoms with E-state index in [1.165, 1.54) is 24.0 Å². The van der Waals surface area contributed by atoms with Gasteiger partial charge in [-0.15, -0.1) is 0 Å². The fourth-order valence-electron chi connectivity index (χ4n) is 5.24. The summed E-state index contributed by atoms with van der Waals surface area (Å²) in [7, 11) is 0. The summed E-state index contributed by atoms with van der Waals surface area (Å²) < 4.78 is 13.2. The van der Waals surface area contributed by atoms with Gasteiger partial charge in [0.05, 0.1) is 11.5 Å². The molecule has 1 spiro atoms. The number of anilines is 1. The lowest BCUT2D eigenvalue weighted by atomic mass is 9.80. The molecule has 0 aromatic heterocycles. The number of fused-ring (bicyclic) bond motifs is 2. The number of carbonyl (C=O) groups is 4. The smallest absolute Gasteiger partial charge is 0.251 e. The minimum atomic E-state index is -1.04. The summed E-state index contributed by atoms with van der Waals surface area (Å²) in [6, 6.07) is 11.5. The first-order valence-corrected chi connectivity index (χ1v) is 12.8. The molecule has 2 aliphatic rings. The van der Waals surface area contributed by atoms with Crippen molar-refractivity contribution in [2.45, 2.75) is 64.1 Å². The summed E-state index contributed by atoms with van der Waals surface area (Å²) >= 11 is 0. The van der Waals surface area contributed by atoms with E-state index < -0.39 is 47.1 Å². The fraction of sp³-hybridized carbons (Fsp3) is 0.414. The number of nitrogens with zero attached hydrogens (tertiary/aromatic N) is 2. The Morgan fingerprint density at radius 3 is 2.46 bits per heavy atom. The molecule has 0 unspecified atom stereocenters. The van der Waals surface area contributed by atoms with Crippen LogP contribution in [0.15, 0.2) is 48.5 Å². The normalized spacial score (nSPS) is 21.5. The first-order chi connectivity index (χ1) is 18.3. The van der Waals surface area contributed by atoms with Gasteiger partial charge in [-0.25, -0.2) is 4.39 Å². The van der Waals surface area contributed by atoms with E-state index in [4.69, 9.17) is 0 Å². The highest BCUT2D eigenvalue weighted by Crippen LogP contribution is 2.46. The van der Waals surface area contributed by atoms with Gasteiger partial charge in [0.2, 0.25) is 17.7 Å². The standard InChI is InChI=1S/C29H32FN5O4/c1-17(32-25(37)18-9-11-19(30)12-10-18)24(36)33-23(14-28(2,3)4)26(38)35-16-29(13-20(35)15-31)21-7-5-6-8-22(21)34-27(29)39/h5-12,17,20,23H,13-14,16H2,1-4H3,(H,32,37)(H,33,36)(H,34,39)/t17-,20-,23-,29-/m0/s1. The summed E-state index contributed by atoms with van der Waals surface area (Å²) in [6.45, 7) is 7.27. The van der Waals surface area contributed by atoms with E-state index in [1.807, 2.05) is 39.0 Å². The molecular formula is C29H32FN5O4. The predicted molar refractivity (Wildman–Crippen MR) is 142 cm³/mol. The number of amides is 4. The van der Waals surface area contributed by atoms with Crippen LogP contribution in [0.2, 0.25) is 0 Å². The molecule has 2 heterocycles. The molecule has 10 heteroatoms. The highest BCUT2D eigenvalue weighted by atomic mass is 19.1. The Labute approximate surface area is 226 Å². The third kappa shape index (κ3) is 5.62. The SMILES string of the molecule is C[C@H](NC(=O)c1ccc(F)cc1)C(=O)N[C@@H](CC(C)(C)C)C(=O)N1C[C@]2(C[C@H]1C#N)C(=O)Nc1ccccc12. The van der Waals surface area contributed by atoms with Crippen molar-refractivity contribution in [2.24, 2.45) is 5.41 Å². The van der Waals surface area contributed by atoms with Crippen molar-refractivity contribution in [3.05, 3.63) is 65.5 Å². The Bertz CT molecular complexity index is 1350. The first-order valence-electron chi connectivity index (χ1n) is 12.8. The van der Waals surface area contributed by atoms with Gasteiger partial charge in [0, 0.05) is 24.2 Å². The zero-order valence-electron chi connectivity index (χ0n) is 22.4. The Morgan fingerprint density at radius 2 is 1.82 bits per heavy atom. The van der Waals surface area contributed by atoms with Gasteiger partial charge in [0.1, 0.15) is 23.9 Å². The summed E-state index contributed by atoms with van der Waals surface area (Å²) in [4.78, 5) is 54.0. The van der Waals surface area contributed by atoms with E-state index in [0.717, 1.165) is 17.7 Å². The van der Waals surface area contributed by atoms with E-state index in [9.17, 15) is 28.8 Å². The first kappa shape index (κ1) is 27.8. The van der Waals surface area contributed by atoms with Gasteiger partial charge >= 0.3 is 0 Å². The largest absolute Gasteiger partial charge is 0.343 e. The summed E-state index contributed by atoms with van der Waals surface area (Å²) in [5.74, 6) is -2.35. The van der Waals surface area contributed by atoms with Gasteiger partial charge in [0.15, 0.2) is 0 Å². The summed E-state index contributed by atoms with van der Waals surface area (Å²) in [5, 5.41) is 18.1. The quantitative estimate of drug-likeness (QED) is 0.526. The van der Waals surface area contributed by atoms with Crippen LogP contribution in [0.1, 0.15) is 56.5 Å². The Morgan fingerprint density at radius 1 is 1.15 bits per heavy atom. The van der Waals surface area contributed by atoms with Crippen molar-refractivity contribution in [1.29, 1.82) is 5.26 Å². The van der Waals surface area contributed by atoms with Crippen LogP contribution in [-0.4, -0.2) is 53.2 Å². The molecule has 4 atom stereocenters. The molecule has 3 N–H and O–H groups in total. The monoisotopic (exact) mass is 533 g/mol. The highest BCUT2D eigenvalue weighted by Gasteiger charge is 2.56. The number of rotatable bonds is 6. The Hall–Kier alpha value is -4.26. The second-order valence-electron chi connectivity index (χ2n) is 11.4. The number of para-hydroxylation sites is 1. The number of halogens is 1. The zero-order valence-corrected chi connectivity index (χ0v) is 22.4. The molecule has 39 heavy (non-hydrogen) atoms. The van der Waals surface area contributed by atoms with Gasteiger partial charge in [-0.2, -0.15) is 5.26 Å². The van der Waals surface area contributed by atoms with Crippen LogP contribution in [0.3, 0.4) is 0 Å². The number of nitriles is 1. The minimum absolute atomic E-state index is 0.0142. The number of benzene rings is 2. The maximum absolute atomic E-state index is 13.9. The molecule has 1 fully saturated rings. The molecule has 4 amide bonds. The van der Waals surface area contributed by atoms with Crippen LogP contribution in [0.4, 0.5) is 10.1 Å². The van der Waals surface area contributed by atoms with Crippen LogP contribution in [-0.2, 0) is 19.8 Å². The van der Waals surface area contributed by atoms with E-state index in [0.29, 0.717) is 5.69 Å². The average molecular weight is 534 g/mol. The fourth-order valence-corrected chi connectivity index (χ4v) is 5.24. The van der Waals surface area contributed by atoms with Gasteiger partial charge in [-0.05, 0) is 54.7 Å². The van der Waals surface area contributed by atoms with Crippen molar-refractivity contribution in [2.75, 3.05) is 11.9 Å². The molecule has 2 aliphatic heterocycles. The number of hydrogen-bond donors (Lipinski definition) is 3. The van der Waals surface area contributed by atoms with Gasteiger partial charge in [0.25, 0.3) is 5.91 Å². The van der Waals surface area contributed by atoms with E-state index in [1.54, 1.807) is 6.07 Å². The highest BCUT2D eigenvalue weighted by molar-refractivity contribution is 6.07. The lowest BCUT2D eigenvalue weighted by Crippen LogP contribution is -2.55. The van der Waals surface area contributed by atoms with Crippen molar-refractivity contribution < 1.29 is 23.6 Å². The number of hydrogen-bond acceptors (Lipinski definition) is 5. The molecule has 9 nitrogen and oxygen atoms in total. The van der Waals surface area contributed by atoms with Crippen LogP contribution < -0.4 is 16.0 Å². The summed E-state index contributed by atoms with van der Waals surface area (Å²) in [6.07, 6.45) is 0.416. The molecule has 2 aromatic rings. The lowest BCUT2D eigenvalue weighted by Gasteiger charge is -2.31. The number of carbonyl (C=O) groups excluding carboxylic acids is 4. The van der Waals surface area contributed by atoms with Crippen LogP contribution in [0.25, 0.3) is 0 Å². The minimum Gasteiger partial charge on any atom is -0.343 e. The maximum atomic E-state index is 13.9. The molecule has 4 rings (SSSR count). The molecule has 0 bridgehead atoms. The van der Waals surface area contributed by atoms with E-state index >= 15 is 0 Å². The molecule has 0 aliphatic carbocycles. The lowest BCUT2D eigenvalue weighted by molar-refractivity contribution is -0.138. The maximum Gasteiger partial charge on any atom is 0.251 e. The van der Waals surface area contributed by atoms with Crippen LogP contribution in [0, 0.1) is 22.6 Å². The second-order valence-corrected chi connectivity index (χ2v) is 11.4. The predicted octanol–water partition coefficient (Wildman–Crippen LogP) is 2.88. The third-order valence-electron chi connectivity index (χ3n) is 7.19. The topological polar surface area (TPSA) is 131 Å². The zero-order chi connectivity index (χ0) is 28.5. The number of likely N-dealkylation sites (tertiary alicyclic amines) is 1. The second kappa shape index (κ2) is 10.5. The average Bonchev–Trinajstić information content (AvgIpc) is 3.40. The molecule has 204 valence electrons. The summed E-state index contributed by atoms with van der Waals surface area (Å²) in [5.41, 5.74) is 0.190. The number of nitrogens with one attached hydrogen (secondary N) is 3. The van der Waals surface area contributed by atoms with Gasteiger partial charge in [-0.3, -0.25) is 19.2 Å². The third-order valence-corrected chi connectivity index (χ3v) is 7.19. The molecule has 1 saturated heterocycles. The molecular weight excluding hydrogens is 501 g/mol. The molecule has 2 aromatic carbocycles.